The lowest BCUT2D eigenvalue weighted by atomic mass is 9.80. The third-order valence-corrected chi connectivity index (χ3v) is 7.41. The molecule has 5 nitrogen and oxygen atoms in total. The largest absolute Gasteiger partial charge is 0.487 e. The number of hydrogen-bond donors (Lipinski definition) is 1. The molecule has 7 heteroatoms. The number of halogens is 2. The molecule has 5 rings (SSSR count). The monoisotopic (exact) mass is 593 g/mol. The molecule has 0 fully saturated rings. The van der Waals surface area contributed by atoms with E-state index >= 15 is 0 Å². The Kier molecular flexibility index (Phi) is 6.38. The minimum absolute atomic E-state index is 0.0985. The normalized spacial score (nSPS) is 16.6. The van der Waals surface area contributed by atoms with Crippen LogP contribution < -0.4 is 10.1 Å². The molecule has 0 radical (unpaired) electrons. The van der Waals surface area contributed by atoms with Crippen LogP contribution in [0.15, 0.2) is 92.5 Å². The summed E-state index contributed by atoms with van der Waals surface area (Å²) in [7, 11) is 1.35. The van der Waals surface area contributed by atoms with Gasteiger partial charge in [0.05, 0.1) is 27.3 Å². The van der Waals surface area contributed by atoms with Crippen LogP contribution in [0, 0.1) is 0 Å². The minimum atomic E-state index is -0.602. The fraction of sp³-hybridized carbons (Fsp3) is 0.143. The van der Waals surface area contributed by atoms with Crippen molar-refractivity contribution in [3.05, 3.63) is 115 Å². The molecule has 0 unspecified atom stereocenters. The first-order valence-corrected chi connectivity index (χ1v) is 12.6. The Hall–Kier alpha value is -3.16. The predicted molar refractivity (Wildman–Crippen MR) is 141 cm³/mol. The second-order valence-corrected chi connectivity index (χ2v) is 10.0. The SMILES string of the molecule is COC(=O)C1=C(C)NC2=C(C(=O)c3ccccc32)[C@@H]1c1cc(Br)c(OCc2ccccc2)c(Br)c1. The highest BCUT2D eigenvalue weighted by Gasteiger charge is 2.43. The highest BCUT2D eigenvalue weighted by Crippen LogP contribution is 2.48. The van der Waals surface area contributed by atoms with E-state index < -0.39 is 11.9 Å². The van der Waals surface area contributed by atoms with E-state index in [-0.39, 0.29) is 5.78 Å². The van der Waals surface area contributed by atoms with Gasteiger partial charge in [0.25, 0.3) is 0 Å². The van der Waals surface area contributed by atoms with Gasteiger partial charge < -0.3 is 14.8 Å². The van der Waals surface area contributed by atoms with Crippen LogP contribution in [0.1, 0.15) is 39.9 Å². The van der Waals surface area contributed by atoms with Crippen molar-refractivity contribution in [2.45, 2.75) is 19.4 Å². The van der Waals surface area contributed by atoms with Gasteiger partial charge >= 0.3 is 5.97 Å². The average Bonchev–Trinajstić information content (AvgIpc) is 3.14. The number of hydrogen-bond acceptors (Lipinski definition) is 5. The van der Waals surface area contributed by atoms with E-state index in [4.69, 9.17) is 9.47 Å². The smallest absolute Gasteiger partial charge is 0.336 e. The molecule has 2 aliphatic rings. The van der Waals surface area contributed by atoms with Gasteiger partial charge in [0, 0.05) is 28.3 Å². The number of allylic oxidation sites excluding steroid dienone is 2. The van der Waals surface area contributed by atoms with Crippen molar-refractivity contribution >= 4 is 49.3 Å². The summed E-state index contributed by atoms with van der Waals surface area (Å²) in [5, 5.41) is 3.30. The van der Waals surface area contributed by atoms with E-state index in [1.165, 1.54) is 7.11 Å². The summed E-state index contributed by atoms with van der Waals surface area (Å²) in [6, 6.07) is 21.2. The molecule has 0 amide bonds. The van der Waals surface area contributed by atoms with Crippen LogP contribution in [-0.2, 0) is 16.1 Å². The van der Waals surface area contributed by atoms with E-state index in [1.807, 2.05) is 73.7 Å². The predicted octanol–water partition coefficient (Wildman–Crippen LogP) is 6.53. The summed E-state index contributed by atoms with van der Waals surface area (Å²) in [4.78, 5) is 26.5. The van der Waals surface area contributed by atoms with Crippen LogP contribution in [0.5, 0.6) is 5.75 Å². The van der Waals surface area contributed by atoms with Gasteiger partial charge in [-0.3, -0.25) is 4.79 Å². The Balaban J connectivity index is 1.59. The molecule has 1 heterocycles. The molecule has 0 saturated heterocycles. The first-order valence-electron chi connectivity index (χ1n) is 11.0. The number of nitrogens with one attached hydrogen (secondary N) is 1. The molecule has 0 spiro atoms. The van der Waals surface area contributed by atoms with Crippen LogP contribution in [0.25, 0.3) is 5.70 Å². The summed E-state index contributed by atoms with van der Waals surface area (Å²) < 4.78 is 12.6. The molecular weight excluding hydrogens is 574 g/mol. The Morgan fingerprint density at radius 2 is 1.60 bits per heavy atom. The first-order chi connectivity index (χ1) is 16.9. The van der Waals surface area contributed by atoms with E-state index in [2.05, 4.69) is 37.2 Å². The maximum Gasteiger partial charge on any atom is 0.336 e. The molecule has 0 saturated carbocycles. The lowest BCUT2D eigenvalue weighted by Gasteiger charge is -2.29. The number of rotatable bonds is 5. The molecule has 3 aromatic carbocycles. The third-order valence-electron chi connectivity index (χ3n) is 6.23. The van der Waals surface area contributed by atoms with Crippen molar-refractivity contribution < 1.29 is 19.1 Å². The van der Waals surface area contributed by atoms with Crippen molar-refractivity contribution in [3.8, 4) is 5.75 Å². The molecule has 0 aromatic heterocycles. The van der Waals surface area contributed by atoms with E-state index in [9.17, 15) is 9.59 Å². The fourth-order valence-electron chi connectivity index (χ4n) is 4.66. The van der Waals surface area contributed by atoms with Crippen molar-refractivity contribution in [2.75, 3.05) is 7.11 Å². The zero-order valence-corrected chi connectivity index (χ0v) is 22.2. The van der Waals surface area contributed by atoms with Crippen molar-refractivity contribution in [3.63, 3.8) is 0 Å². The number of benzene rings is 3. The maximum atomic E-state index is 13.6. The van der Waals surface area contributed by atoms with Gasteiger partial charge in [-0.15, -0.1) is 0 Å². The second kappa shape index (κ2) is 9.47. The maximum absolute atomic E-state index is 13.6. The number of methoxy groups -OCH3 is 1. The topological polar surface area (TPSA) is 64.6 Å². The van der Waals surface area contributed by atoms with Crippen molar-refractivity contribution in [1.29, 1.82) is 0 Å². The Morgan fingerprint density at radius 3 is 2.26 bits per heavy atom. The highest BCUT2D eigenvalue weighted by molar-refractivity contribution is 9.11. The van der Waals surface area contributed by atoms with Gasteiger partial charge in [-0.25, -0.2) is 4.79 Å². The summed E-state index contributed by atoms with van der Waals surface area (Å²) >= 11 is 7.28. The average molecular weight is 595 g/mol. The van der Waals surface area contributed by atoms with Crippen LogP contribution in [0.3, 0.4) is 0 Å². The van der Waals surface area contributed by atoms with E-state index in [0.29, 0.717) is 43.7 Å². The molecule has 1 atom stereocenters. The molecule has 176 valence electrons. The molecule has 35 heavy (non-hydrogen) atoms. The van der Waals surface area contributed by atoms with Gasteiger partial charge in [-0.05, 0) is 62.0 Å². The number of ketones is 1. The molecule has 1 N–H and O–H groups in total. The van der Waals surface area contributed by atoms with Crippen LogP contribution in [0.4, 0.5) is 0 Å². The number of Topliss-reactive ketones (excluding diaryl/α,β-unsaturated/α-hetero) is 1. The Labute approximate surface area is 220 Å². The quantitative estimate of drug-likeness (QED) is 0.340. The fourth-order valence-corrected chi connectivity index (χ4v) is 6.11. The molecule has 3 aromatic rings. The van der Waals surface area contributed by atoms with Crippen LogP contribution in [-0.4, -0.2) is 18.9 Å². The molecule has 1 aliphatic carbocycles. The number of fused-ring (bicyclic) bond motifs is 2. The van der Waals surface area contributed by atoms with Gasteiger partial charge in [0.1, 0.15) is 12.4 Å². The summed E-state index contributed by atoms with van der Waals surface area (Å²) in [6.45, 7) is 2.23. The summed E-state index contributed by atoms with van der Waals surface area (Å²) in [6.07, 6.45) is 0. The van der Waals surface area contributed by atoms with Crippen molar-refractivity contribution in [1.82, 2.24) is 5.32 Å². The van der Waals surface area contributed by atoms with E-state index in [1.54, 1.807) is 0 Å². The zero-order valence-electron chi connectivity index (χ0n) is 19.0. The lowest BCUT2D eigenvalue weighted by molar-refractivity contribution is -0.136. The van der Waals surface area contributed by atoms with Crippen molar-refractivity contribution in [2.24, 2.45) is 0 Å². The van der Waals surface area contributed by atoms with Crippen LogP contribution >= 0.6 is 31.9 Å². The standard InChI is InChI=1S/C28H21Br2NO4/c1-15-22(28(33)34-2)23(24-25(31-15)18-10-6-7-11-19(18)26(24)32)17-12-20(29)27(21(30)13-17)35-14-16-8-4-3-5-9-16/h3-13,23,31H,14H2,1-2H3/t23-/m1/s1. The zero-order chi connectivity index (χ0) is 24.7. The van der Waals surface area contributed by atoms with Crippen LogP contribution in [0.2, 0.25) is 0 Å². The van der Waals surface area contributed by atoms with Gasteiger partial charge in [-0.1, -0.05) is 54.6 Å². The lowest BCUT2D eigenvalue weighted by Crippen LogP contribution is -2.29. The number of dihydropyridines is 1. The highest BCUT2D eigenvalue weighted by atomic mass is 79.9. The molecule has 0 bridgehead atoms. The number of carbonyl (C=O) groups is 2. The summed E-state index contributed by atoms with van der Waals surface area (Å²) in [5.41, 5.74) is 5.60. The minimum Gasteiger partial charge on any atom is -0.487 e. The Bertz CT molecular complexity index is 1400. The van der Waals surface area contributed by atoms with Gasteiger partial charge in [0.15, 0.2) is 5.78 Å². The molecule has 1 aliphatic heterocycles. The molecular formula is C28H21Br2NO4. The van der Waals surface area contributed by atoms with Gasteiger partial charge in [0.2, 0.25) is 0 Å². The second-order valence-electron chi connectivity index (χ2n) is 8.34. The number of carbonyl (C=O) groups excluding carboxylic acids is 2. The Morgan fingerprint density at radius 1 is 0.971 bits per heavy atom. The number of ether oxygens (including phenoxy) is 2. The van der Waals surface area contributed by atoms with E-state index in [0.717, 1.165) is 22.4 Å². The number of esters is 1. The summed E-state index contributed by atoms with van der Waals surface area (Å²) in [5.74, 6) is -0.540. The van der Waals surface area contributed by atoms with Gasteiger partial charge in [-0.2, -0.15) is 0 Å². The first kappa shape index (κ1) is 23.6. The third kappa shape index (κ3) is 4.13.